The van der Waals surface area contributed by atoms with Crippen molar-refractivity contribution in [2.45, 2.75) is 19.9 Å². The van der Waals surface area contributed by atoms with E-state index in [4.69, 9.17) is 0 Å². The zero-order valence-electron chi connectivity index (χ0n) is 9.64. The maximum Gasteiger partial charge on any atom is 0.252 e. The number of hydrogen-bond acceptors (Lipinski definition) is 1. The van der Waals surface area contributed by atoms with Crippen molar-refractivity contribution in [2.75, 3.05) is 4.43 Å². The Balaban J connectivity index is 2.86. The predicted molar refractivity (Wildman–Crippen MR) is 86.8 cm³/mol. The molecule has 5 heteroatoms. The first-order chi connectivity index (χ1) is 7.95. The van der Waals surface area contributed by atoms with Gasteiger partial charge in [0, 0.05) is 19.4 Å². The van der Waals surface area contributed by atoms with Crippen LogP contribution in [0.4, 0.5) is 0 Å². The molecule has 0 aliphatic rings. The van der Waals surface area contributed by atoms with E-state index < -0.39 is 0 Å². The molecule has 0 fully saturated rings. The van der Waals surface area contributed by atoms with Gasteiger partial charge in [-0.05, 0) is 40.0 Å². The van der Waals surface area contributed by atoms with Crippen LogP contribution in [0.25, 0.3) is 0 Å². The van der Waals surface area contributed by atoms with Crippen molar-refractivity contribution in [1.29, 1.82) is 0 Å². The van der Waals surface area contributed by atoms with Crippen molar-refractivity contribution in [3.05, 3.63) is 32.7 Å². The van der Waals surface area contributed by atoms with Gasteiger partial charge in [-0.1, -0.05) is 52.4 Å². The van der Waals surface area contributed by atoms with Gasteiger partial charge in [-0.25, -0.2) is 0 Å². The third-order valence-corrected chi connectivity index (χ3v) is 4.59. The fourth-order valence-corrected chi connectivity index (χ4v) is 3.33. The van der Waals surface area contributed by atoms with Gasteiger partial charge in [-0.2, -0.15) is 0 Å². The molecule has 0 aliphatic heterocycles. The molecule has 0 aromatic heterocycles. The highest BCUT2D eigenvalue weighted by Gasteiger charge is 2.17. The van der Waals surface area contributed by atoms with Crippen LogP contribution in [0.3, 0.4) is 0 Å². The number of amides is 1. The van der Waals surface area contributed by atoms with Crippen molar-refractivity contribution in [2.24, 2.45) is 5.92 Å². The van der Waals surface area contributed by atoms with Crippen LogP contribution in [-0.4, -0.2) is 16.4 Å². The quantitative estimate of drug-likeness (QED) is 0.508. The molecule has 0 saturated heterocycles. The maximum atomic E-state index is 12.1. The Hall–Kier alpha value is 0.380. The van der Waals surface area contributed by atoms with E-state index in [1.807, 2.05) is 18.2 Å². The molecule has 94 valence electrons. The van der Waals surface area contributed by atoms with Crippen molar-refractivity contribution in [3.8, 4) is 0 Å². The molecule has 0 spiro atoms. The van der Waals surface area contributed by atoms with Gasteiger partial charge in [0.15, 0.2) is 0 Å². The first-order valence-corrected chi connectivity index (χ1v) is 8.38. The highest BCUT2D eigenvalue weighted by molar-refractivity contribution is 14.1. The monoisotopic (exact) mass is 473 g/mol. The number of carbonyl (C=O) groups is 1. The minimum absolute atomic E-state index is 0.0338. The average Bonchev–Trinajstić information content (AvgIpc) is 2.28. The Morgan fingerprint density at radius 3 is 2.59 bits per heavy atom. The molecule has 0 radical (unpaired) electrons. The number of alkyl halides is 1. The van der Waals surface area contributed by atoms with E-state index in [2.05, 4.69) is 73.6 Å². The molecule has 2 nitrogen and oxygen atoms in total. The Kier molecular flexibility index (Phi) is 6.44. The summed E-state index contributed by atoms with van der Waals surface area (Å²) in [5.74, 6) is 0.398. The molecule has 0 heterocycles. The molecule has 1 aromatic rings. The van der Waals surface area contributed by atoms with Crippen molar-refractivity contribution in [3.63, 3.8) is 0 Å². The first-order valence-electron chi connectivity index (χ1n) is 5.27. The molecular formula is C12H14Br2INO. The Labute approximate surface area is 132 Å². The Morgan fingerprint density at radius 2 is 2.06 bits per heavy atom. The largest absolute Gasteiger partial charge is 0.348 e. The predicted octanol–water partition coefficient (Wildman–Crippen LogP) is 4.40. The van der Waals surface area contributed by atoms with Crippen molar-refractivity contribution < 1.29 is 4.79 Å². The third kappa shape index (κ3) is 4.52. The van der Waals surface area contributed by atoms with Crippen LogP contribution in [0, 0.1) is 5.92 Å². The summed E-state index contributed by atoms with van der Waals surface area (Å²) in [6, 6.07) is 5.80. The number of benzene rings is 1. The van der Waals surface area contributed by atoms with Gasteiger partial charge in [0.1, 0.15) is 0 Å². The zero-order valence-corrected chi connectivity index (χ0v) is 15.0. The average molecular weight is 475 g/mol. The number of hydrogen-bond donors (Lipinski definition) is 1. The molecule has 17 heavy (non-hydrogen) atoms. The van der Waals surface area contributed by atoms with E-state index in [-0.39, 0.29) is 11.9 Å². The summed E-state index contributed by atoms with van der Waals surface area (Å²) in [7, 11) is 0. The number of halogens is 3. The second-order valence-electron chi connectivity index (χ2n) is 4.10. The molecule has 1 rings (SSSR count). The molecule has 1 aromatic carbocycles. The topological polar surface area (TPSA) is 29.1 Å². The van der Waals surface area contributed by atoms with Gasteiger partial charge < -0.3 is 5.32 Å². The zero-order chi connectivity index (χ0) is 13.0. The van der Waals surface area contributed by atoms with Gasteiger partial charge in [-0.3, -0.25) is 4.79 Å². The van der Waals surface area contributed by atoms with E-state index in [1.54, 1.807) is 0 Å². The highest BCUT2D eigenvalue weighted by atomic mass is 127. The van der Waals surface area contributed by atoms with Crippen LogP contribution in [0.15, 0.2) is 27.1 Å². The summed E-state index contributed by atoms with van der Waals surface area (Å²) >= 11 is 9.07. The van der Waals surface area contributed by atoms with Gasteiger partial charge in [-0.15, -0.1) is 0 Å². The van der Waals surface area contributed by atoms with E-state index in [0.29, 0.717) is 11.5 Å². The number of carbonyl (C=O) groups excluding carboxylic acids is 1. The minimum atomic E-state index is -0.0338. The first kappa shape index (κ1) is 15.4. The summed E-state index contributed by atoms with van der Waals surface area (Å²) < 4.78 is 2.63. The fourth-order valence-electron chi connectivity index (χ4n) is 1.30. The minimum Gasteiger partial charge on any atom is -0.348 e. The van der Waals surface area contributed by atoms with E-state index in [9.17, 15) is 4.79 Å². The lowest BCUT2D eigenvalue weighted by molar-refractivity contribution is 0.0931. The molecule has 1 atom stereocenters. The SMILES string of the molecule is CC(C)C(CI)NC(=O)c1cc(Br)ccc1Br. The molecule has 0 bridgehead atoms. The molecule has 1 amide bonds. The molecule has 0 aliphatic carbocycles. The second kappa shape index (κ2) is 7.09. The van der Waals surface area contributed by atoms with Crippen molar-refractivity contribution >= 4 is 60.4 Å². The van der Waals surface area contributed by atoms with Gasteiger partial charge in [0.05, 0.1) is 5.56 Å². The van der Waals surface area contributed by atoms with E-state index in [1.165, 1.54) is 0 Å². The molecule has 1 unspecified atom stereocenters. The van der Waals surface area contributed by atoms with Crippen molar-refractivity contribution in [1.82, 2.24) is 5.32 Å². The van der Waals surface area contributed by atoms with Gasteiger partial charge >= 0.3 is 0 Å². The van der Waals surface area contributed by atoms with Crippen LogP contribution in [-0.2, 0) is 0 Å². The Morgan fingerprint density at radius 1 is 1.41 bits per heavy atom. The lowest BCUT2D eigenvalue weighted by Crippen LogP contribution is -2.39. The molecule has 0 saturated carbocycles. The molecular weight excluding hydrogens is 461 g/mol. The molecule has 1 N–H and O–H groups in total. The van der Waals surface area contributed by atoms with Crippen LogP contribution in [0.5, 0.6) is 0 Å². The number of rotatable bonds is 4. The highest BCUT2D eigenvalue weighted by Crippen LogP contribution is 2.22. The van der Waals surface area contributed by atoms with Crippen LogP contribution in [0.1, 0.15) is 24.2 Å². The normalized spacial score (nSPS) is 12.6. The summed E-state index contributed by atoms with van der Waals surface area (Å²) in [5, 5.41) is 3.05. The number of nitrogens with one attached hydrogen (secondary N) is 1. The fraction of sp³-hybridized carbons (Fsp3) is 0.417. The second-order valence-corrected chi connectivity index (χ2v) is 6.75. The van der Waals surface area contributed by atoms with Gasteiger partial charge in [0.2, 0.25) is 0 Å². The third-order valence-electron chi connectivity index (χ3n) is 2.46. The lowest BCUT2D eigenvalue weighted by Gasteiger charge is -2.20. The maximum absolute atomic E-state index is 12.1. The van der Waals surface area contributed by atoms with Gasteiger partial charge in [0.25, 0.3) is 5.91 Å². The Bertz CT molecular complexity index is 409. The van der Waals surface area contributed by atoms with E-state index in [0.717, 1.165) is 13.4 Å². The smallest absolute Gasteiger partial charge is 0.252 e. The summed E-state index contributed by atoms with van der Waals surface area (Å²) in [4.78, 5) is 12.1. The lowest BCUT2D eigenvalue weighted by atomic mass is 10.1. The van der Waals surface area contributed by atoms with Crippen LogP contribution in [0.2, 0.25) is 0 Å². The van der Waals surface area contributed by atoms with E-state index >= 15 is 0 Å². The summed E-state index contributed by atoms with van der Waals surface area (Å²) in [6.45, 7) is 4.22. The standard InChI is InChI=1S/C12H14Br2INO/c1-7(2)11(6-15)16-12(17)9-5-8(13)3-4-10(9)14/h3-5,7,11H,6H2,1-2H3,(H,16,17). The summed E-state index contributed by atoms with van der Waals surface area (Å²) in [6.07, 6.45) is 0. The van der Waals surface area contributed by atoms with Crippen LogP contribution >= 0.6 is 54.5 Å². The summed E-state index contributed by atoms with van der Waals surface area (Å²) in [5.41, 5.74) is 0.662. The van der Waals surface area contributed by atoms with Crippen LogP contribution < -0.4 is 5.32 Å².